The number of nitrogens with zero attached hydrogens (tertiary/aromatic N) is 1. The summed E-state index contributed by atoms with van der Waals surface area (Å²) in [4.78, 5) is 6.95. The second-order valence-electron chi connectivity index (χ2n) is 6.35. The van der Waals surface area contributed by atoms with Gasteiger partial charge in [0, 0.05) is 6.26 Å². The standard InChI is InChI=1S/C19H21N3O4S2/c1-3-15(19-20-13-16(21-19)14-9-5-4-6-10-14)22-28(25,26)18-12-8-7-11-17(18)27(2,23)24/h4-13,15,22H,3H2,1-2H3,(H,20,21). The molecule has 0 saturated carbocycles. The zero-order chi connectivity index (χ0) is 20.4. The van der Waals surface area contributed by atoms with Crippen LogP contribution in [-0.2, 0) is 19.9 Å². The quantitative estimate of drug-likeness (QED) is 0.612. The van der Waals surface area contributed by atoms with Crippen molar-refractivity contribution in [1.29, 1.82) is 0 Å². The minimum absolute atomic E-state index is 0.234. The fraction of sp³-hybridized carbons (Fsp3) is 0.211. The van der Waals surface area contributed by atoms with Crippen molar-refractivity contribution in [2.75, 3.05) is 6.26 Å². The molecular weight excluding hydrogens is 398 g/mol. The number of hydrogen-bond acceptors (Lipinski definition) is 5. The van der Waals surface area contributed by atoms with E-state index in [4.69, 9.17) is 0 Å². The molecule has 1 unspecified atom stereocenters. The third-order valence-electron chi connectivity index (χ3n) is 4.25. The van der Waals surface area contributed by atoms with Crippen molar-refractivity contribution in [2.24, 2.45) is 0 Å². The molecule has 0 radical (unpaired) electrons. The molecule has 7 nitrogen and oxygen atoms in total. The van der Waals surface area contributed by atoms with Crippen molar-refractivity contribution in [1.82, 2.24) is 14.7 Å². The van der Waals surface area contributed by atoms with Crippen LogP contribution in [0.1, 0.15) is 25.2 Å². The van der Waals surface area contributed by atoms with Crippen LogP contribution in [0.5, 0.6) is 0 Å². The van der Waals surface area contributed by atoms with E-state index in [9.17, 15) is 16.8 Å². The SMILES string of the molecule is CCC(NS(=O)(=O)c1ccccc1S(C)(=O)=O)c1ncc(-c2ccccc2)[nH]1. The molecule has 0 aliphatic rings. The van der Waals surface area contributed by atoms with Crippen molar-refractivity contribution in [2.45, 2.75) is 29.2 Å². The van der Waals surface area contributed by atoms with Crippen LogP contribution in [0.15, 0.2) is 70.6 Å². The van der Waals surface area contributed by atoms with Crippen molar-refractivity contribution < 1.29 is 16.8 Å². The van der Waals surface area contributed by atoms with Gasteiger partial charge in [-0.2, -0.15) is 0 Å². The van der Waals surface area contributed by atoms with E-state index in [1.54, 1.807) is 6.20 Å². The van der Waals surface area contributed by atoms with Gasteiger partial charge in [-0.25, -0.2) is 26.5 Å². The molecule has 0 spiro atoms. The summed E-state index contributed by atoms with van der Waals surface area (Å²) in [5.74, 6) is 0.460. The lowest BCUT2D eigenvalue weighted by Crippen LogP contribution is -2.30. The number of sulfonamides is 1. The van der Waals surface area contributed by atoms with Gasteiger partial charge in [0.2, 0.25) is 10.0 Å². The van der Waals surface area contributed by atoms with Gasteiger partial charge in [0.05, 0.1) is 22.8 Å². The van der Waals surface area contributed by atoms with Crippen LogP contribution in [0.2, 0.25) is 0 Å². The third kappa shape index (κ3) is 4.32. The van der Waals surface area contributed by atoms with Gasteiger partial charge in [-0.05, 0) is 24.1 Å². The summed E-state index contributed by atoms with van der Waals surface area (Å²) < 4.78 is 52.3. The summed E-state index contributed by atoms with van der Waals surface area (Å²) in [6.45, 7) is 1.82. The predicted octanol–water partition coefficient (Wildman–Crippen LogP) is 2.91. The summed E-state index contributed by atoms with van der Waals surface area (Å²) in [6.07, 6.45) is 3.06. The van der Waals surface area contributed by atoms with Crippen LogP contribution in [0, 0.1) is 0 Å². The zero-order valence-electron chi connectivity index (χ0n) is 15.5. The van der Waals surface area contributed by atoms with E-state index in [0.29, 0.717) is 12.2 Å². The van der Waals surface area contributed by atoms with E-state index in [0.717, 1.165) is 17.5 Å². The molecule has 1 atom stereocenters. The second kappa shape index (κ2) is 7.86. The minimum atomic E-state index is -4.08. The molecule has 28 heavy (non-hydrogen) atoms. The van der Waals surface area contributed by atoms with E-state index in [1.165, 1.54) is 24.3 Å². The average molecular weight is 420 g/mol. The van der Waals surface area contributed by atoms with Gasteiger partial charge >= 0.3 is 0 Å². The Bertz CT molecular complexity index is 1170. The Balaban J connectivity index is 1.93. The van der Waals surface area contributed by atoms with Gasteiger partial charge in [0.15, 0.2) is 9.84 Å². The topological polar surface area (TPSA) is 109 Å². The number of rotatable bonds is 7. The lowest BCUT2D eigenvalue weighted by molar-refractivity contribution is 0.536. The summed E-state index contributed by atoms with van der Waals surface area (Å²) >= 11 is 0. The highest BCUT2D eigenvalue weighted by Crippen LogP contribution is 2.25. The molecule has 0 fully saturated rings. The number of H-pyrrole nitrogens is 1. The van der Waals surface area contributed by atoms with E-state index >= 15 is 0 Å². The molecule has 2 N–H and O–H groups in total. The summed E-state index contributed by atoms with van der Waals surface area (Å²) in [6, 6.07) is 14.5. The van der Waals surface area contributed by atoms with Crippen LogP contribution >= 0.6 is 0 Å². The molecule has 2 aromatic carbocycles. The van der Waals surface area contributed by atoms with Crippen molar-refractivity contribution in [3.63, 3.8) is 0 Å². The Morgan fingerprint density at radius 1 is 0.964 bits per heavy atom. The van der Waals surface area contributed by atoms with Gasteiger partial charge in [0.25, 0.3) is 0 Å². The Labute approximate surface area is 164 Å². The van der Waals surface area contributed by atoms with Crippen LogP contribution in [0.3, 0.4) is 0 Å². The Kier molecular flexibility index (Phi) is 5.69. The monoisotopic (exact) mass is 419 g/mol. The van der Waals surface area contributed by atoms with Crippen molar-refractivity contribution >= 4 is 19.9 Å². The Hall–Kier alpha value is -2.49. The molecule has 1 aromatic heterocycles. The maximum atomic E-state index is 12.9. The normalized spacial score (nSPS) is 13.4. The summed E-state index contributed by atoms with van der Waals surface area (Å²) in [7, 11) is -7.78. The molecule has 0 aliphatic carbocycles. The molecule has 0 saturated heterocycles. The van der Waals surface area contributed by atoms with Gasteiger partial charge in [-0.1, -0.05) is 49.4 Å². The maximum Gasteiger partial charge on any atom is 0.242 e. The largest absolute Gasteiger partial charge is 0.341 e. The number of benzene rings is 2. The van der Waals surface area contributed by atoms with Gasteiger partial charge in [-0.15, -0.1) is 0 Å². The Morgan fingerprint density at radius 3 is 2.18 bits per heavy atom. The second-order valence-corrected chi connectivity index (χ2v) is 10.0. The first-order valence-corrected chi connectivity index (χ1v) is 12.0. The van der Waals surface area contributed by atoms with E-state index < -0.39 is 25.9 Å². The molecule has 3 aromatic rings. The number of aromatic nitrogens is 2. The molecule has 0 aliphatic heterocycles. The molecule has 9 heteroatoms. The van der Waals surface area contributed by atoms with Crippen LogP contribution in [-0.4, -0.2) is 33.1 Å². The van der Waals surface area contributed by atoms with Crippen molar-refractivity contribution in [3.05, 3.63) is 66.6 Å². The molecule has 0 bridgehead atoms. The summed E-state index contributed by atoms with van der Waals surface area (Å²) in [5, 5.41) is 0. The van der Waals surface area contributed by atoms with E-state index in [-0.39, 0.29) is 9.79 Å². The smallest absolute Gasteiger partial charge is 0.242 e. The van der Waals surface area contributed by atoms with Crippen LogP contribution in [0.4, 0.5) is 0 Å². The first-order chi connectivity index (χ1) is 13.2. The first kappa shape index (κ1) is 20.2. The molecule has 1 heterocycles. The highest BCUT2D eigenvalue weighted by atomic mass is 32.2. The number of imidazole rings is 1. The van der Waals surface area contributed by atoms with Crippen molar-refractivity contribution in [3.8, 4) is 11.3 Å². The zero-order valence-corrected chi connectivity index (χ0v) is 17.1. The van der Waals surface area contributed by atoms with E-state index in [1.807, 2.05) is 37.3 Å². The highest BCUT2D eigenvalue weighted by molar-refractivity contribution is 7.93. The molecule has 0 amide bonds. The number of sulfone groups is 1. The van der Waals surface area contributed by atoms with Gasteiger partial charge in [0.1, 0.15) is 10.7 Å². The lowest BCUT2D eigenvalue weighted by Gasteiger charge is -2.16. The lowest BCUT2D eigenvalue weighted by atomic mass is 10.2. The minimum Gasteiger partial charge on any atom is -0.341 e. The molecule has 3 rings (SSSR count). The fourth-order valence-corrected chi connectivity index (χ4v) is 5.75. The van der Waals surface area contributed by atoms with Gasteiger partial charge < -0.3 is 4.98 Å². The van der Waals surface area contributed by atoms with Crippen LogP contribution in [0.25, 0.3) is 11.3 Å². The predicted molar refractivity (Wildman–Crippen MR) is 107 cm³/mol. The average Bonchev–Trinajstić information content (AvgIpc) is 3.16. The molecular formula is C19H21N3O4S2. The number of hydrogen-bond donors (Lipinski definition) is 2. The molecule has 148 valence electrons. The summed E-state index contributed by atoms with van der Waals surface area (Å²) in [5.41, 5.74) is 1.70. The highest BCUT2D eigenvalue weighted by Gasteiger charge is 2.27. The Morgan fingerprint density at radius 2 is 1.57 bits per heavy atom. The van der Waals surface area contributed by atoms with E-state index in [2.05, 4.69) is 14.7 Å². The van der Waals surface area contributed by atoms with Gasteiger partial charge in [-0.3, -0.25) is 0 Å². The third-order valence-corrected chi connectivity index (χ3v) is 7.07. The van der Waals surface area contributed by atoms with Crippen LogP contribution < -0.4 is 4.72 Å². The number of nitrogens with one attached hydrogen (secondary N) is 2. The maximum absolute atomic E-state index is 12.9. The number of aromatic amines is 1. The fourth-order valence-electron chi connectivity index (χ4n) is 2.84. The first-order valence-electron chi connectivity index (χ1n) is 8.64.